The highest BCUT2D eigenvalue weighted by molar-refractivity contribution is 6.29. The fourth-order valence-electron chi connectivity index (χ4n) is 2.04. The molecular formula is C14H20ClN3O3. The van der Waals surface area contributed by atoms with Crippen molar-refractivity contribution in [3.63, 3.8) is 0 Å². The van der Waals surface area contributed by atoms with E-state index in [2.05, 4.69) is 10.2 Å². The number of hydrogen-bond acceptors (Lipinski definition) is 5. The Kier molecular flexibility index (Phi) is 4.88. The topological polar surface area (TPSA) is 64.5 Å². The Bertz CT molecular complexity index is 487. The Balaban J connectivity index is 1.77. The number of carbonyl (C=O) groups excluding carboxylic acids is 1. The van der Waals surface area contributed by atoms with Crippen LogP contribution < -0.4 is 4.74 Å². The molecule has 0 aliphatic carbocycles. The predicted octanol–water partition coefficient (Wildman–Crippen LogP) is 2.77. The van der Waals surface area contributed by atoms with Gasteiger partial charge in [0.15, 0.2) is 5.15 Å². The van der Waals surface area contributed by atoms with Gasteiger partial charge < -0.3 is 14.4 Å². The molecule has 2 heterocycles. The summed E-state index contributed by atoms with van der Waals surface area (Å²) in [7, 11) is 0. The predicted molar refractivity (Wildman–Crippen MR) is 78.5 cm³/mol. The van der Waals surface area contributed by atoms with Gasteiger partial charge in [-0.3, -0.25) is 0 Å². The largest absolute Gasteiger partial charge is 0.476 e. The van der Waals surface area contributed by atoms with Crippen molar-refractivity contribution in [3.8, 4) is 5.88 Å². The molecule has 1 unspecified atom stereocenters. The molecule has 1 saturated heterocycles. The maximum atomic E-state index is 11.9. The molecule has 1 fully saturated rings. The van der Waals surface area contributed by atoms with Crippen LogP contribution in [0.15, 0.2) is 12.1 Å². The van der Waals surface area contributed by atoms with Crippen molar-refractivity contribution in [2.75, 3.05) is 19.7 Å². The average molecular weight is 314 g/mol. The van der Waals surface area contributed by atoms with E-state index in [1.54, 1.807) is 17.0 Å². The lowest BCUT2D eigenvalue weighted by Crippen LogP contribution is -2.35. The van der Waals surface area contributed by atoms with Crippen LogP contribution in [0.5, 0.6) is 5.88 Å². The van der Waals surface area contributed by atoms with Gasteiger partial charge in [0.05, 0.1) is 6.61 Å². The van der Waals surface area contributed by atoms with Gasteiger partial charge in [0.2, 0.25) is 5.88 Å². The first kappa shape index (κ1) is 15.8. The highest BCUT2D eigenvalue weighted by Crippen LogP contribution is 2.20. The summed E-state index contributed by atoms with van der Waals surface area (Å²) in [5, 5.41) is 7.88. The summed E-state index contributed by atoms with van der Waals surface area (Å²) in [6.07, 6.45) is 0.622. The molecule has 1 atom stereocenters. The molecule has 0 aromatic carbocycles. The molecule has 1 amide bonds. The van der Waals surface area contributed by atoms with Crippen LogP contribution in [0.4, 0.5) is 4.79 Å². The molecule has 0 radical (unpaired) electrons. The van der Waals surface area contributed by atoms with Crippen molar-refractivity contribution in [3.05, 3.63) is 17.3 Å². The van der Waals surface area contributed by atoms with Gasteiger partial charge in [-0.1, -0.05) is 11.6 Å². The van der Waals surface area contributed by atoms with Crippen LogP contribution in [-0.4, -0.2) is 46.5 Å². The van der Waals surface area contributed by atoms with Crippen molar-refractivity contribution in [1.29, 1.82) is 0 Å². The summed E-state index contributed by atoms with van der Waals surface area (Å²) in [4.78, 5) is 13.7. The zero-order chi connectivity index (χ0) is 15.5. The second-order valence-electron chi connectivity index (χ2n) is 6.09. The number of ether oxygens (including phenoxy) is 2. The average Bonchev–Trinajstić information content (AvgIpc) is 2.85. The van der Waals surface area contributed by atoms with E-state index in [9.17, 15) is 4.79 Å². The number of nitrogens with zero attached hydrogens (tertiary/aromatic N) is 3. The lowest BCUT2D eigenvalue weighted by atomic mass is 10.1. The first-order valence-electron chi connectivity index (χ1n) is 6.93. The summed E-state index contributed by atoms with van der Waals surface area (Å²) >= 11 is 5.66. The number of likely N-dealkylation sites (tertiary alicyclic amines) is 1. The monoisotopic (exact) mass is 313 g/mol. The van der Waals surface area contributed by atoms with Gasteiger partial charge in [-0.25, -0.2) is 4.79 Å². The fraction of sp³-hybridized carbons (Fsp3) is 0.643. The summed E-state index contributed by atoms with van der Waals surface area (Å²) in [6.45, 7) is 7.41. The Labute approximate surface area is 129 Å². The van der Waals surface area contributed by atoms with Crippen molar-refractivity contribution in [1.82, 2.24) is 15.1 Å². The summed E-state index contributed by atoms with van der Waals surface area (Å²) in [5.74, 6) is 0.713. The molecule has 1 aliphatic heterocycles. The van der Waals surface area contributed by atoms with Crippen LogP contribution in [0.1, 0.15) is 27.2 Å². The van der Waals surface area contributed by atoms with E-state index in [4.69, 9.17) is 21.1 Å². The van der Waals surface area contributed by atoms with E-state index in [1.807, 2.05) is 20.8 Å². The quantitative estimate of drug-likeness (QED) is 0.858. The van der Waals surface area contributed by atoms with E-state index in [0.29, 0.717) is 30.7 Å². The van der Waals surface area contributed by atoms with Crippen molar-refractivity contribution >= 4 is 17.7 Å². The molecule has 2 rings (SSSR count). The van der Waals surface area contributed by atoms with Crippen LogP contribution in [0, 0.1) is 5.92 Å². The molecule has 0 spiro atoms. The number of amides is 1. The molecule has 21 heavy (non-hydrogen) atoms. The van der Waals surface area contributed by atoms with Crippen LogP contribution >= 0.6 is 11.6 Å². The highest BCUT2D eigenvalue weighted by atomic mass is 35.5. The molecular weight excluding hydrogens is 294 g/mol. The Hall–Kier alpha value is -1.56. The van der Waals surface area contributed by atoms with Crippen LogP contribution in [0.3, 0.4) is 0 Å². The zero-order valence-corrected chi connectivity index (χ0v) is 13.3. The molecule has 7 heteroatoms. The van der Waals surface area contributed by atoms with Crippen molar-refractivity contribution in [2.24, 2.45) is 5.92 Å². The van der Waals surface area contributed by atoms with Crippen LogP contribution in [0.25, 0.3) is 0 Å². The SMILES string of the molecule is CC(C)(C)OC(=O)N1CCC(COc2ccc(Cl)nn2)C1. The Morgan fingerprint density at radius 1 is 1.43 bits per heavy atom. The van der Waals surface area contributed by atoms with Gasteiger partial charge >= 0.3 is 6.09 Å². The second-order valence-corrected chi connectivity index (χ2v) is 6.47. The third kappa shape index (κ3) is 5.04. The third-order valence-electron chi connectivity index (χ3n) is 3.01. The number of rotatable bonds is 3. The number of halogens is 1. The van der Waals surface area contributed by atoms with Crippen molar-refractivity contribution in [2.45, 2.75) is 32.8 Å². The minimum absolute atomic E-state index is 0.267. The number of aromatic nitrogens is 2. The standard InChI is InChI=1S/C14H20ClN3O3/c1-14(2,3)21-13(19)18-7-6-10(8-18)9-20-12-5-4-11(15)16-17-12/h4-5,10H,6-9H2,1-3H3. The summed E-state index contributed by atoms with van der Waals surface area (Å²) in [5.41, 5.74) is -0.468. The molecule has 6 nitrogen and oxygen atoms in total. The van der Waals surface area contributed by atoms with Gasteiger partial charge in [0.25, 0.3) is 0 Å². The van der Waals surface area contributed by atoms with Gasteiger partial charge in [-0.05, 0) is 33.3 Å². The molecule has 1 aliphatic rings. The number of hydrogen-bond donors (Lipinski definition) is 0. The molecule has 116 valence electrons. The van der Waals surface area contributed by atoms with E-state index in [-0.39, 0.29) is 12.0 Å². The summed E-state index contributed by atoms with van der Waals surface area (Å²) in [6, 6.07) is 3.31. The van der Waals surface area contributed by atoms with Crippen LogP contribution in [-0.2, 0) is 4.74 Å². The van der Waals surface area contributed by atoms with E-state index < -0.39 is 5.60 Å². The van der Waals surface area contributed by atoms with Crippen molar-refractivity contribution < 1.29 is 14.3 Å². The maximum Gasteiger partial charge on any atom is 0.410 e. The Morgan fingerprint density at radius 3 is 2.81 bits per heavy atom. The van der Waals surface area contributed by atoms with Gasteiger partial charge in [0, 0.05) is 25.1 Å². The summed E-state index contributed by atoms with van der Waals surface area (Å²) < 4.78 is 10.9. The zero-order valence-electron chi connectivity index (χ0n) is 12.5. The second kappa shape index (κ2) is 6.47. The molecule has 1 aromatic heterocycles. The maximum absolute atomic E-state index is 11.9. The molecule has 0 saturated carbocycles. The lowest BCUT2D eigenvalue weighted by molar-refractivity contribution is 0.0284. The van der Waals surface area contributed by atoms with Gasteiger partial charge in [0.1, 0.15) is 5.60 Å². The van der Waals surface area contributed by atoms with Gasteiger partial charge in [-0.2, -0.15) is 0 Å². The Morgan fingerprint density at radius 2 is 2.19 bits per heavy atom. The number of carbonyl (C=O) groups is 1. The lowest BCUT2D eigenvalue weighted by Gasteiger charge is -2.24. The molecule has 0 N–H and O–H groups in total. The van der Waals surface area contributed by atoms with Gasteiger partial charge in [-0.15, -0.1) is 10.2 Å². The molecule has 1 aromatic rings. The third-order valence-corrected chi connectivity index (χ3v) is 3.21. The fourth-order valence-corrected chi connectivity index (χ4v) is 2.15. The minimum Gasteiger partial charge on any atom is -0.476 e. The first-order chi connectivity index (χ1) is 9.83. The first-order valence-corrected chi connectivity index (χ1v) is 7.31. The van der Waals surface area contributed by atoms with E-state index in [1.165, 1.54) is 0 Å². The minimum atomic E-state index is -0.468. The van der Waals surface area contributed by atoms with E-state index >= 15 is 0 Å². The smallest absolute Gasteiger partial charge is 0.410 e. The highest BCUT2D eigenvalue weighted by Gasteiger charge is 2.30. The van der Waals surface area contributed by atoms with Crippen LogP contribution in [0.2, 0.25) is 5.15 Å². The normalized spacial score (nSPS) is 18.7. The van der Waals surface area contributed by atoms with E-state index in [0.717, 1.165) is 6.42 Å². The molecule has 0 bridgehead atoms.